The molecule has 2 aliphatic heterocycles. The van der Waals surface area contributed by atoms with Gasteiger partial charge < -0.3 is 5.32 Å². The second-order valence-corrected chi connectivity index (χ2v) is 7.35. The first-order valence-electron chi connectivity index (χ1n) is 7.69. The monoisotopic (exact) mass is 310 g/mol. The molecule has 0 saturated carbocycles. The highest BCUT2D eigenvalue weighted by molar-refractivity contribution is 8.01. The van der Waals surface area contributed by atoms with Crippen molar-refractivity contribution in [2.24, 2.45) is 16.8 Å². The minimum Gasteiger partial charge on any atom is -0.326 e. The molecule has 1 aromatic carbocycles. The molecule has 0 radical (unpaired) electrons. The van der Waals surface area contributed by atoms with Gasteiger partial charge in [-0.3, -0.25) is 9.79 Å². The van der Waals surface area contributed by atoms with Crippen molar-refractivity contribution in [1.82, 2.24) is 0 Å². The Morgan fingerprint density at radius 3 is 3.05 bits per heavy atom. The fraction of sp³-hybridized carbons (Fsp3) is 0.333. The molecule has 22 heavy (non-hydrogen) atoms. The van der Waals surface area contributed by atoms with Gasteiger partial charge in [0, 0.05) is 17.7 Å². The van der Waals surface area contributed by atoms with Crippen LogP contribution >= 0.6 is 11.8 Å². The molecular weight excluding hydrogens is 292 g/mol. The highest BCUT2D eigenvalue weighted by Crippen LogP contribution is 2.57. The minimum absolute atomic E-state index is 0.0161. The summed E-state index contributed by atoms with van der Waals surface area (Å²) in [5.41, 5.74) is 2.02. The first-order chi connectivity index (χ1) is 10.8. The zero-order valence-electron chi connectivity index (χ0n) is 12.2. The molecule has 0 aromatic heterocycles. The highest BCUT2D eigenvalue weighted by Gasteiger charge is 2.54. The third-order valence-electron chi connectivity index (χ3n) is 4.82. The van der Waals surface area contributed by atoms with Gasteiger partial charge in [0.2, 0.25) is 5.91 Å². The van der Waals surface area contributed by atoms with Crippen LogP contribution in [0.15, 0.2) is 59.2 Å². The van der Waals surface area contributed by atoms with Gasteiger partial charge in [0.05, 0.1) is 16.4 Å². The molecule has 3 nitrogen and oxygen atoms in total. The summed E-state index contributed by atoms with van der Waals surface area (Å²) in [6, 6.07) is 9.72. The number of aliphatic imine (C=N–C) groups is 1. The fourth-order valence-electron chi connectivity index (χ4n) is 3.70. The highest BCUT2D eigenvalue weighted by atomic mass is 32.2. The first-order valence-corrected chi connectivity index (χ1v) is 8.68. The predicted octanol–water partition coefficient (Wildman–Crippen LogP) is 3.66. The normalized spacial score (nSPS) is 32.1. The van der Waals surface area contributed by atoms with E-state index in [0.717, 1.165) is 30.0 Å². The van der Waals surface area contributed by atoms with Gasteiger partial charge in [-0.25, -0.2) is 0 Å². The van der Waals surface area contributed by atoms with Gasteiger partial charge in [-0.15, -0.1) is 11.8 Å². The molecule has 1 N–H and O–H groups in total. The van der Waals surface area contributed by atoms with Crippen LogP contribution in [-0.4, -0.2) is 22.6 Å². The largest absolute Gasteiger partial charge is 0.326 e. The minimum atomic E-state index is 0.0161. The quantitative estimate of drug-likeness (QED) is 0.905. The van der Waals surface area contributed by atoms with Crippen LogP contribution < -0.4 is 5.32 Å². The van der Waals surface area contributed by atoms with Crippen molar-refractivity contribution in [3.8, 4) is 0 Å². The molecule has 1 amide bonds. The van der Waals surface area contributed by atoms with Crippen LogP contribution in [0.5, 0.6) is 0 Å². The average Bonchev–Trinajstić information content (AvgIpc) is 2.93. The SMILES string of the molecule is O=C(Nc1ccccc1)C1CSC23CC=CC=C2N=CCC13. The Bertz CT molecular complexity index is 680. The summed E-state index contributed by atoms with van der Waals surface area (Å²) < 4.78 is 0.0161. The Morgan fingerprint density at radius 2 is 2.18 bits per heavy atom. The lowest BCUT2D eigenvalue weighted by molar-refractivity contribution is -0.120. The Balaban J connectivity index is 1.58. The number of nitrogens with zero attached hydrogens (tertiary/aromatic N) is 1. The number of anilines is 1. The number of para-hydroxylation sites is 1. The van der Waals surface area contributed by atoms with Crippen LogP contribution in [-0.2, 0) is 4.79 Å². The molecule has 4 heteroatoms. The first kappa shape index (κ1) is 13.8. The Labute approximate surface area is 134 Å². The van der Waals surface area contributed by atoms with Gasteiger partial charge in [-0.1, -0.05) is 30.4 Å². The Kier molecular flexibility index (Phi) is 3.41. The van der Waals surface area contributed by atoms with Crippen molar-refractivity contribution >= 4 is 29.6 Å². The summed E-state index contributed by atoms with van der Waals surface area (Å²) in [4.78, 5) is 17.3. The van der Waals surface area contributed by atoms with E-state index in [2.05, 4.69) is 28.5 Å². The van der Waals surface area contributed by atoms with Gasteiger partial charge >= 0.3 is 0 Å². The van der Waals surface area contributed by atoms with Crippen molar-refractivity contribution < 1.29 is 4.79 Å². The van der Waals surface area contributed by atoms with Crippen LogP contribution in [0.25, 0.3) is 0 Å². The second kappa shape index (κ2) is 5.43. The maximum absolute atomic E-state index is 12.7. The third-order valence-corrected chi connectivity index (χ3v) is 6.54. The molecule has 4 rings (SSSR count). The summed E-state index contributed by atoms with van der Waals surface area (Å²) in [5.74, 6) is 1.41. The van der Waals surface area contributed by atoms with E-state index in [9.17, 15) is 4.79 Å². The molecule has 112 valence electrons. The molecule has 3 unspecified atom stereocenters. The van der Waals surface area contributed by atoms with Gasteiger partial charge in [-0.05, 0) is 37.0 Å². The molecule has 2 heterocycles. The molecule has 1 aromatic rings. The van der Waals surface area contributed by atoms with E-state index < -0.39 is 0 Å². The van der Waals surface area contributed by atoms with Gasteiger partial charge in [0.25, 0.3) is 0 Å². The third kappa shape index (κ3) is 2.13. The van der Waals surface area contributed by atoms with Crippen molar-refractivity contribution in [1.29, 1.82) is 0 Å². The van der Waals surface area contributed by atoms with Crippen LogP contribution in [0.2, 0.25) is 0 Å². The molecule has 1 saturated heterocycles. The van der Waals surface area contributed by atoms with Crippen molar-refractivity contribution in [3.05, 3.63) is 54.3 Å². The summed E-state index contributed by atoms with van der Waals surface area (Å²) >= 11 is 1.91. The van der Waals surface area contributed by atoms with E-state index in [1.165, 1.54) is 0 Å². The molecule has 3 aliphatic rings. The molecule has 1 aliphatic carbocycles. The molecular formula is C18H18N2OS. The lowest BCUT2D eigenvalue weighted by Gasteiger charge is -2.39. The predicted molar refractivity (Wildman–Crippen MR) is 92.2 cm³/mol. The second-order valence-electron chi connectivity index (χ2n) is 6.00. The standard InChI is InChI=1S/C18H18N2OS/c21-17(20-13-6-2-1-3-7-13)14-12-22-18-10-5-4-8-16(18)19-11-9-15(14)18/h1-8,11,14-15H,9-10,12H2,(H,20,21). The van der Waals surface area contributed by atoms with Crippen molar-refractivity contribution in [2.75, 3.05) is 11.1 Å². The van der Waals surface area contributed by atoms with E-state index in [1.54, 1.807) is 0 Å². The number of allylic oxidation sites excluding steroid dienone is 3. The van der Waals surface area contributed by atoms with Crippen LogP contribution in [0, 0.1) is 11.8 Å². The summed E-state index contributed by atoms with van der Waals surface area (Å²) in [5, 5.41) is 3.07. The summed E-state index contributed by atoms with van der Waals surface area (Å²) in [6.45, 7) is 0. The Morgan fingerprint density at radius 1 is 1.32 bits per heavy atom. The Hall–Kier alpha value is -1.81. The molecule has 1 spiro atoms. The molecule has 0 bridgehead atoms. The maximum atomic E-state index is 12.7. The summed E-state index contributed by atoms with van der Waals surface area (Å²) in [7, 11) is 0. The lowest BCUT2D eigenvalue weighted by atomic mass is 9.73. The fourth-order valence-corrected chi connectivity index (χ4v) is 5.51. The number of rotatable bonds is 2. The maximum Gasteiger partial charge on any atom is 0.228 e. The van der Waals surface area contributed by atoms with Gasteiger partial charge in [0.15, 0.2) is 0 Å². The van der Waals surface area contributed by atoms with E-state index in [0.29, 0.717) is 5.92 Å². The van der Waals surface area contributed by atoms with E-state index >= 15 is 0 Å². The van der Waals surface area contributed by atoms with Crippen LogP contribution in [0.3, 0.4) is 0 Å². The molecule has 1 fully saturated rings. The van der Waals surface area contributed by atoms with E-state index in [1.807, 2.05) is 48.3 Å². The van der Waals surface area contributed by atoms with Crippen LogP contribution in [0.1, 0.15) is 12.8 Å². The number of carbonyl (C=O) groups excluding carboxylic acids is 1. The zero-order chi connectivity index (χ0) is 15.0. The van der Waals surface area contributed by atoms with Crippen molar-refractivity contribution in [2.45, 2.75) is 17.6 Å². The van der Waals surface area contributed by atoms with E-state index in [-0.39, 0.29) is 16.6 Å². The number of thioether (sulfide) groups is 1. The van der Waals surface area contributed by atoms with E-state index in [4.69, 9.17) is 0 Å². The number of nitrogens with one attached hydrogen (secondary N) is 1. The number of benzene rings is 1. The number of amides is 1. The smallest absolute Gasteiger partial charge is 0.228 e. The van der Waals surface area contributed by atoms with Gasteiger partial charge in [0.1, 0.15) is 0 Å². The number of hydrogen-bond acceptors (Lipinski definition) is 3. The molecule has 3 atom stereocenters. The number of hydrogen-bond donors (Lipinski definition) is 1. The van der Waals surface area contributed by atoms with Crippen LogP contribution in [0.4, 0.5) is 5.69 Å². The van der Waals surface area contributed by atoms with Gasteiger partial charge in [-0.2, -0.15) is 0 Å². The summed E-state index contributed by atoms with van der Waals surface area (Å²) in [6.07, 6.45) is 10.3. The number of carbonyl (C=O) groups is 1. The average molecular weight is 310 g/mol. The topological polar surface area (TPSA) is 41.5 Å². The zero-order valence-corrected chi connectivity index (χ0v) is 13.1. The van der Waals surface area contributed by atoms with Crippen molar-refractivity contribution in [3.63, 3.8) is 0 Å². The lowest BCUT2D eigenvalue weighted by Crippen LogP contribution is -2.41.